The molecule has 1 aromatic rings. The highest BCUT2D eigenvalue weighted by Crippen LogP contribution is 2.57. The Morgan fingerprint density at radius 2 is 2.08 bits per heavy atom. The number of aliphatic hydroxyl groups excluding tert-OH is 1. The number of methoxy groups -OCH3 is 1. The molecule has 1 aromatic carbocycles. The van der Waals surface area contributed by atoms with Gasteiger partial charge in [0, 0.05) is 0 Å². The van der Waals surface area contributed by atoms with Crippen molar-refractivity contribution in [3.63, 3.8) is 0 Å². The number of aryl methyl sites for hydroxylation is 1. The fraction of sp³-hybridized carbons (Fsp3) is 0.667. The van der Waals surface area contributed by atoms with Crippen LogP contribution in [0.15, 0.2) is 18.2 Å². The molecule has 0 amide bonds. The van der Waals surface area contributed by atoms with Gasteiger partial charge in [-0.05, 0) is 67.6 Å². The third-order valence-electron chi connectivity index (χ3n) is 6.93. The van der Waals surface area contributed by atoms with Crippen LogP contribution in [0.25, 0.3) is 0 Å². The smallest absolute Gasteiger partial charge is 0.311 e. The summed E-state index contributed by atoms with van der Waals surface area (Å²) in [5.41, 5.74) is 1.56. The summed E-state index contributed by atoms with van der Waals surface area (Å²) in [6.45, 7) is 5.68. The first kappa shape index (κ1) is 18.4. The van der Waals surface area contributed by atoms with Gasteiger partial charge >= 0.3 is 5.97 Å². The molecular formula is C21H30O4. The van der Waals surface area contributed by atoms with Crippen molar-refractivity contribution in [1.29, 1.82) is 0 Å². The van der Waals surface area contributed by atoms with E-state index in [0.717, 1.165) is 37.7 Å². The number of carbonyl (C=O) groups is 1. The molecule has 0 spiro atoms. The molecule has 1 fully saturated rings. The van der Waals surface area contributed by atoms with Crippen LogP contribution in [0.4, 0.5) is 0 Å². The fourth-order valence-corrected chi connectivity index (χ4v) is 5.40. The van der Waals surface area contributed by atoms with Gasteiger partial charge in [-0.1, -0.05) is 31.5 Å². The standard InChI is InChI=1S/C21H30O4/c1-19-10-5-11-20(2,18(23)25-4)17(19)9-6-14-12-15(7-8-16(14)19)21(3,24)13-22/h7-8,12,17,22,24H,5-6,9-11,13H2,1-4H3/t17-,19-,20-,21+/m1/s1. The van der Waals surface area contributed by atoms with Gasteiger partial charge in [-0.2, -0.15) is 0 Å². The van der Waals surface area contributed by atoms with Gasteiger partial charge in [-0.3, -0.25) is 4.79 Å². The van der Waals surface area contributed by atoms with Crippen molar-refractivity contribution < 1.29 is 19.7 Å². The van der Waals surface area contributed by atoms with E-state index < -0.39 is 11.0 Å². The predicted molar refractivity (Wildman–Crippen MR) is 96.2 cm³/mol. The minimum absolute atomic E-state index is 0.0572. The molecule has 0 aliphatic heterocycles. The Morgan fingerprint density at radius 1 is 1.36 bits per heavy atom. The first-order valence-electron chi connectivity index (χ1n) is 9.24. The topological polar surface area (TPSA) is 66.8 Å². The van der Waals surface area contributed by atoms with Gasteiger partial charge in [-0.25, -0.2) is 0 Å². The number of ether oxygens (including phenoxy) is 1. The summed E-state index contributed by atoms with van der Waals surface area (Å²) >= 11 is 0. The molecule has 1 saturated carbocycles. The third kappa shape index (κ3) is 2.70. The van der Waals surface area contributed by atoms with Crippen LogP contribution in [-0.4, -0.2) is 29.9 Å². The van der Waals surface area contributed by atoms with Crippen molar-refractivity contribution in [3.8, 4) is 0 Å². The highest BCUT2D eigenvalue weighted by Gasteiger charge is 2.55. The Balaban J connectivity index is 2.05. The fourth-order valence-electron chi connectivity index (χ4n) is 5.40. The Labute approximate surface area is 150 Å². The summed E-state index contributed by atoms with van der Waals surface area (Å²) in [5, 5.41) is 19.8. The average molecular weight is 346 g/mol. The number of carbonyl (C=O) groups excluding carboxylic acids is 1. The third-order valence-corrected chi connectivity index (χ3v) is 6.93. The lowest BCUT2D eigenvalue weighted by atomic mass is 9.49. The van der Waals surface area contributed by atoms with E-state index in [1.165, 1.54) is 18.2 Å². The summed E-state index contributed by atoms with van der Waals surface area (Å²) < 4.78 is 5.15. The van der Waals surface area contributed by atoms with E-state index >= 15 is 0 Å². The SMILES string of the molecule is COC(=O)[C@]1(C)CCC[C@]2(C)c3ccc([C@@](C)(O)CO)cc3CC[C@@H]12. The maximum absolute atomic E-state index is 12.5. The number of esters is 1. The lowest BCUT2D eigenvalue weighted by Crippen LogP contribution is -2.52. The molecule has 2 aliphatic carbocycles. The molecule has 2 aliphatic rings. The van der Waals surface area contributed by atoms with Crippen molar-refractivity contribution in [1.82, 2.24) is 0 Å². The van der Waals surface area contributed by atoms with Crippen LogP contribution in [0.1, 0.15) is 63.1 Å². The maximum atomic E-state index is 12.5. The molecule has 0 unspecified atom stereocenters. The van der Waals surface area contributed by atoms with E-state index in [0.29, 0.717) is 0 Å². The van der Waals surface area contributed by atoms with Gasteiger partial charge in [0.1, 0.15) is 5.60 Å². The molecule has 3 rings (SSSR count). The highest BCUT2D eigenvalue weighted by atomic mass is 16.5. The lowest BCUT2D eigenvalue weighted by Gasteiger charge is -2.54. The van der Waals surface area contributed by atoms with E-state index in [1.807, 2.05) is 12.1 Å². The van der Waals surface area contributed by atoms with E-state index in [1.54, 1.807) is 6.92 Å². The summed E-state index contributed by atoms with van der Waals surface area (Å²) in [5.74, 6) is 0.171. The summed E-state index contributed by atoms with van der Waals surface area (Å²) in [6.07, 6.45) is 4.78. The molecule has 0 saturated heterocycles. The Bertz CT molecular complexity index is 680. The second-order valence-corrected chi connectivity index (χ2v) is 8.58. The quantitative estimate of drug-likeness (QED) is 0.826. The van der Waals surface area contributed by atoms with Crippen LogP contribution in [0, 0.1) is 11.3 Å². The second kappa shape index (κ2) is 6.10. The van der Waals surface area contributed by atoms with E-state index in [4.69, 9.17) is 4.74 Å². The number of rotatable bonds is 3. The molecule has 0 radical (unpaired) electrons. The van der Waals surface area contributed by atoms with Crippen LogP contribution in [0.2, 0.25) is 0 Å². The molecule has 4 heteroatoms. The van der Waals surface area contributed by atoms with Gasteiger partial charge < -0.3 is 14.9 Å². The van der Waals surface area contributed by atoms with E-state index in [9.17, 15) is 15.0 Å². The summed E-state index contributed by atoms with van der Waals surface area (Å²) in [6, 6.07) is 6.06. The Hall–Kier alpha value is -1.39. The molecule has 2 N–H and O–H groups in total. The zero-order chi connectivity index (χ0) is 18.5. The molecule has 4 atom stereocenters. The van der Waals surface area contributed by atoms with E-state index in [-0.39, 0.29) is 23.9 Å². The monoisotopic (exact) mass is 346 g/mol. The summed E-state index contributed by atoms with van der Waals surface area (Å²) in [7, 11) is 1.49. The zero-order valence-corrected chi connectivity index (χ0v) is 15.8. The van der Waals surface area contributed by atoms with Gasteiger partial charge in [0.15, 0.2) is 0 Å². The second-order valence-electron chi connectivity index (χ2n) is 8.58. The van der Waals surface area contributed by atoms with Crippen LogP contribution in [-0.2, 0) is 27.0 Å². The molecule has 0 aromatic heterocycles. The molecular weight excluding hydrogens is 316 g/mol. The summed E-state index contributed by atoms with van der Waals surface area (Å²) in [4.78, 5) is 12.5. The molecule has 25 heavy (non-hydrogen) atoms. The number of aliphatic hydroxyl groups is 2. The minimum Gasteiger partial charge on any atom is -0.469 e. The van der Waals surface area contributed by atoms with Crippen molar-refractivity contribution in [2.45, 2.75) is 63.9 Å². The van der Waals surface area contributed by atoms with Gasteiger partial charge in [0.2, 0.25) is 0 Å². The van der Waals surface area contributed by atoms with Crippen molar-refractivity contribution >= 4 is 5.97 Å². The zero-order valence-electron chi connectivity index (χ0n) is 15.8. The van der Waals surface area contributed by atoms with Crippen LogP contribution in [0.3, 0.4) is 0 Å². The number of fused-ring (bicyclic) bond motifs is 3. The molecule has 4 nitrogen and oxygen atoms in total. The van der Waals surface area contributed by atoms with Gasteiger partial charge in [0.05, 0.1) is 19.1 Å². The molecule has 138 valence electrons. The first-order valence-corrected chi connectivity index (χ1v) is 9.24. The predicted octanol–water partition coefficient (Wildman–Crippen LogP) is 3.07. The van der Waals surface area contributed by atoms with Crippen molar-refractivity contribution in [2.24, 2.45) is 11.3 Å². The lowest BCUT2D eigenvalue weighted by molar-refractivity contribution is -0.161. The number of benzene rings is 1. The van der Waals surface area contributed by atoms with Crippen LogP contribution >= 0.6 is 0 Å². The maximum Gasteiger partial charge on any atom is 0.311 e. The van der Waals surface area contributed by atoms with E-state index in [2.05, 4.69) is 19.9 Å². The Morgan fingerprint density at radius 3 is 2.72 bits per heavy atom. The minimum atomic E-state index is -1.22. The van der Waals surface area contributed by atoms with Crippen molar-refractivity contribution in [3.05, 3.63) is 34.9 Å². The normalized spacial score (nSPS) is 33.8. The number of hydrogen-bond donors (Lipinski definition) is 2. The number of hydrogen-bond acceptors (Lipinski definition) is 4. The van der Waals surface area contributed by atoms with Gasteiger partial charge in [-0.15, -0.1) is 0 Å². The highest BCUT2D eigenvalue weighted by molar-refractivity contribution is 5.77. The van der Waals surface area contributed by atoms with Crippen molar-refractivity contribution in [2.75, 3.05) is 13.7 Å². The molecule has 0 heterocycles. The van der Waals surface area contributed by atoms with Crippen LogP contribution in [0.5, 0.6) is 0 Å². The largest absolute Gasteiger partial charge is 0.469 e. The molecule has 0 bridgehead atoms. The Kier molecular flexibility index (Phi) is 4.49. The first-order chi connectivity index (χ1) is 11.7. The average Bonchev–Trinajstić information content (AvgIpc) is 2.60. The van der Waals surface area contributed by atoms with Crippen LogP contribution < -0.4 is 0 Å². The van der Waals surface area contributed by atoms with Gasteiger partial charge in [0.25, 0.3) is 0 Å².